The van der Waals surface area contributed by atoms with Crippen LogP contribution in [0.15, 0.2) is 18.2 Å². The summed E-state index contributed by atoms with van der Waals surface area (Å²) in [5, 5.41) is 10.4. The number of hydrogen-bond acceptors (Lipinski definition) is 1. The highest BCUT2D eigenvalue weighted by atomic mass is 19.1. The van der Waals surface area contributed by atoms with Crippen LogP contribution in [0.3, 0.4) is 0 Å². The van der Waals surface area contributed by atoms with Crippen molar-refractivity contribution in [3.05, 3.63) is 35.1 Å². The van der Waals surface area contributed by atoms with Crippen LogP contribution < -0.4 is 0 Å². The zero-order chi connectivity index (χ0) is 12.0. The third-order valence-corrected chi connectivity index (χ3v) is 4.67. The molecule has 0 aromatic heterocycles. The molecule has 92 valence electrons. The largest absolute Gasteiger partial charge is 0.388 e. The van der Waals surface area contributed by atoms with E-state index in [9.17, 15) is 9.50 Å². The Kier molecular flexibility index (Phi) is 2.70. The lowest BCUT2D eigenvalue weighted by Gasteiger charge is -2.27. The Labute approximate surface area is 102 Å². The first-order chi connectivity index (χ1) is 8.15. The fourth-order valence-corrected chi connectivity index (χ4v) is 3.78. The van der Waals surface area contributed by atoms with Gasteiger partial charge in [-0.05, 0) is 55.6 Å². The van der Waals surface area contributed by atoms with Gasteiger partial charge in [-0.2, -0.15) is 0 Å². The highest BCUT2D eigenvalue weighted by Crippen LogP contribution is 2.52. The lowest BCUT2D eigenvalue weighted by molar-refractivity contribution is 0.0714. The van der Waals surface area contributed by atoms with Crippen LogP contribution in [0.25, 0.3) is 0 Å². The quantitative estimate of drug-likeness (QED) is 0.829. The van der Waals surface area contributed by atoms with E-state index in [2.05, 4.69) is 0 Å². The molecule has 4 atom stereocenters. The molecular weight excluding hydrogens is 215 g/mol. The van der Waals surface area contributed by atoms with E-state index in [0.717, 1.165) is 17.9 Å². The summed E-state index contributed by atoms with van der Waals surface area (Å²) < 4.78 is 13.8. The van der Waals surface area contributed by atoms with E-state index in [1.807, 2.05) is 13.0 Å². The lowest BCUT2D eigenvalue weighted by Crippen LogP contribution is -2.20. The van der Waals surface area contributed by atoms with E-state index in [4.69, 9.17) is 0 Å². The maximum absolute atomic E-state index is 13.8. The molecule has 0 amide bonds. The maximum atomic E-state index is 13.8. The predicted octanol–water partition coefficient (Wildman–Crippen LogP) is 3.60. The van der Waals surface area contributed by atoms with Crippen LogP contribution in [0.2, 0.25) is 0 Å². The molecule has 2 aliphatic rings. The number of benzene rings is 1. The molecule has 0 heterocycles. The number of hydrogen-bond donors (Lipinski definition) is 1. The molecule has 2 saturated carbocycles. The average Bonchev–Trinajstić information content (AvgIpc) is 2.89. The van der Waals surface area contributed by atoms with E-state index in [1.54, 1.807) is 6.07 Å². The standard InChI is InChI=1S/C15H19FO/c1-9-2-5-12(14(16)6-9)15(17)13-8-10-3-4-11(13)7-10/h2,5-6,10-11,13,15,17H,3-4,7-8H2,1H3. The molecule has 0 spiro atoms. The minimum atomic E-state index is -0.606. The summed E-state index contributed by atoms with van der Waals surface area (Å²) in [7, 11) is 0. The summed E-state index contributed by atoms with van der Waals surface area (Å²) in [5.74, 6) is 1.44. The lowest BCUT2D eigenvalue weighted by atomic mass is 9.82. The molecule has 0 saturated heterocycles. The Morgan fingerprint density at radius 3 is 2.71 bits per heavy atom. The molecule has 1 aromatic rings. The fraction of sp³-hybridized carbons (Fsp3) is 0.600. The van der Waals surface area contributed by atoms with Crippen molar-refractivity contribution in [2.45, 2.75) is 38.7 Å². The van der Waals surface area contributed by atoms with Crippen molar-refractivity contribution in [3.63, 3.8) is 0 Å². The van der Waals surface area contributed by atoms with Gasteiger partial charge in [-0.1, -0.05) is 18.6 Å². The number of rotatable bonds is 2. The van der Waals surface area contributed by atoms with Crippen molar-refractivity contribution in [1.82, 2.24) is 0 Å². The van der Waals surface area contributed by atoms with Crippen LogP contribution in [0.1, 0.15) is 42.9 Å². The van der Waals surface area contributed by atoms with Crippen LogP contribution in [0.5, 0.6) is 0 Å². The van der Waals surface area contributed by atoms with Crippen molar-refractivity contribution in [2.24, 2.45) is 17.8 Å². The van der Waals surface area contributed by atoms with Crippen molar-refractivity contribution < 1.29 is 9.50 Å². The first-order valence-corrected chi connectivity index (χ1v) is 6.59. The van der Waals surface area contributed by atoms with Gasteiger partial charge in [0.2, 0.25) is 0 Å². The molecular formula is C15H19FO. The Morgan fingerprint density at radius 2 is 2.12 bits per heavy atom. The summed E-state index contributed by atoms with van der Waals surface area (Å²) in [4.78, 5) is 0. The molecule has 1 aromatic carbocycles. The SMILES string of the molecule is Cc1ccc(C(O)C2CC3CCC2C3)c(F)c1. The fourth-order valence-electron chi connectivity index (χ4n) is 3.78. The Morgan fingerprint density at radius 1 is 1.29 bits per heavy atom. The van der Waals surface area contributed by atoms with Gasteiger partial charge < -0.3 is 5.11 Å². The summed E-state index contributed by atoms with van der Waals surface area (Å²) >= 11 is 0. The van der Waals surface area contributed by atoms with Gasteiger partial charge in [0.15, 0.2) is 0 Å². The Balaban J connectivity index is 1.84. The van der Waals surface area contributed by atoms with Gasteiger partial charge in [-0.15, -0.1) is 0 Å². The van der Waals surface area contributed by atoms with Gasteiger partial charge in [-0.25, -0.2) is 4.39 Å². The Hall–Kier alpha value is -0.890. The van der Waals surface area contributed by atoms with Crippen LogP contribution in [-0.4, -0.2) is 5.11 Å². The number of halogens is 1. The molecule has 2 bridgehead atoms. The number of fused-ring (bicyclic) bond motifs is 2. The summed E-state index contributed by atoms with van der Waals surface area (Å²) in [5.41, 5.74) is 1.40. The van der Waals surface area contributed by atoms with E-state index in [1.165, 1.54) is 25.3 Å². The van der Waals surface area contributed by atoms with Crippen molar-refractivity contribution in [1.29, 1.82) is 0 Å². The second kappa shape index (κ2) is 4.09. The van der Waals surface area contributed by atoms with Crippen LogP contribution in [0.4, 0.5) is 4.39 Å². The summed E-state index contributed by atoms with van der Waals surface area (Å²) in [6, 6.07) is 5.15. The molecule has 2 heteroatoms. The van der Waals surface area contributed by atoms with Crippen LogP contribution in [0, 0.1) is 30.5 Å². The highest BCUT2D eigenvalue weighted by Gasteiger charge is 2.43. The number of aliphatic hydroxyl groups is 1. The monoisotopic (exact) mass is 234 g/mol. The first kappa shape index (κ1) is 11.2. The van der Waals surface area contributed by atoms with Crippen molar-refractivity contribution >= 4 is 0 Å². The zero-order valence-corrected chi connectivity index (χ0v) is 10.2. The molecule has 2 fully saturated rings. The molecule has 2 aliphatic carbocycles. The topological polar surface area (TPSA) is 20.2 Å². The molecule has 0 aliphatic heterocycles. The second-order valence-electron chi connectivity index (χ2n) is 5.81. The Bertz CT molecular complexity index is 429. The van der Waals surface area contributed by atoms with Crippen molar-refractivity contribution in [2.75, 3.05) is 0 Å². The predicted molar refractivity (Wildman–Crippen MR) is 65.0 cm³/mol. The molecule has 1 N–H and O–H groups in total. The van der Waals surface area contributed by atoms with E-state index >= 15 is 0 Å². The molecule has 3 rings (SSSR count). The maximum Gasteiger partial charge on any atom is 0.129 e. The third-order valence-electron chi connectivity index (χ3n) is 4.67. The van der Waals surface area contributed by atoms with Gasteiger partial charge in [0.1, 0.15) is 5.82 Å². The van der Waals surface area contributed by atoms with Gasteiger partial charge in [0.05, 0.1) is 6.10 Å². The van der Waals surface area contributed by atoms with Crippen LogP contribution in [-0.2, 0) is 0 Å². The number of aryl methyl sites for hydroxylation is 1. The third kappa shape index (κ3) is 1.89. The van der Waals surface area contributed by atoms with E-state index in [0.29, 0.717) is 11.5 Å². The molecule has 4 unspecified atom stereocenters. The molecule has 1 nitrogen and oxygen atoms in total. The summed E-state index contributed by atoms with van der Waals surface area (Å²) in [6.07, 6.45) is 4.25. The molecule has 17 heavy (non-hydrogen) atoms. The average molecular weight is 234 g/mol. The van der Waals surface area contributed by atoms with Crippen LogP contribution >= 0.6 is 0 Å². The van der Waals surface area contributed by atoms with Crippen molar-refractivity contribution in [3.8, 4) is 0 Å². The summed E-state index contributed by atoms with van der Waals surface area (Å²) in [6.45, 7) is 1.87. The van der Waals surface area contributed by atoms with E-state index in [-0.39, 0.29) is 11.7 Å². The van der Waals surface area contributed by atoms with Gasteiger partial charge >= 0.3 is 0 Å². The van der Waals surface area contributed by atoms with Gasteiger partial charge in [-0.3, -0.25) is 0 Å². The van der Waals surface area contributed by atoms with Gasteiger partial charge in [0.25, 0.3) is 0 Å². The highest BCUT2D eigenvalue weighted by molar-refractivity contribution is 5.26. The zero-order valence-electron chi connectivity index (χ0n) is 10.2. The molecule has 0 radical (unpaired) electrons. The minimum Gasteiger partial charge on any atom is -0.388 e. The van der Waals surface area contributed by atoms with Gasteiger partial charge in [0, 0.05) is 5.56 Å². The normalized spacial score (nSPS) is 33.0. The second-order valence-corrected chi connectivity index (χ2v) is 5.81. The number of aliphatic hydroxyl groups excluding tert-OH is 1. The minimum absolute atomic E-state index is 0.250. The first-order valence-electron chi connectivity index (χ1n) is 6.59. The van der Waals surface area contributed by atoms with E-state index < -0.39 is 6.10 Å². The smallest absolute Gasteiger partial charge is 0.129 e.